The highest BCUT2D eigenvalue weighted by atomic mass is 16.5. The number of ether oxygens (including phenoxy) is 1. The van der Waals surface area contributed by atoms with Gasteiger partial charge in [0.25, 0.3) is 0 Å². The highest BCUT2D eigenvalue weighted by Crippen LogP contribution is 2.19. The Morgan fingerprint density at radius 3 is 2.20 bits per heavy atom. The zero-order valence-electron chi connectivity index (χ0n) is 9.65. The lowest BCUT2D eigenvalue weighted by molar-refractivity contribution is -0.146. The van der Waals surface area contributed by atoms with Crippen molar-refractivity contribution in [1.29, 1.82) is 0 Å². The van der Waals surface area contributed by atoms with Gasteiger partial charge in [-0.3, -0.25) is 4.90 Å². The van der Waals surface area contributed by atoms with Crippen molar-refractivity contribution in [3.63, 3.8) is 0 Å². The van der Waals surface area contributed by atoms with Crippen LogP contribution in [0.4, 0.5) is 0 Å². The molecule has 0 spiro atoms. The molecule has 1 unspecified atom stereocenters. The lowest BCUT2D eigenvalue weighted by atomic mass is 10.0. The number of benzene rings is 1. The summed E-state index contributed by atoms with van der Waals surface area (Å²) in [5.41, 5.74) is 2.14. The maximum atomic E-state index is 11.6. The number of hydrogen-bond acceptors (Lipinski definition) is 3. The van der Waals surface area contributed by atoms with Gasteiger partial charge in [-0.05, 0) is 26.6 Å². The second-order valence-corrected chi connectivity index (χ2v) is 3.80. The van der Waals surface area contributed by atoms with Crippen LogP contribution in [0.5, 0.6) is 0 Å². The number of carbonyl (C=O) groups is 1. The average molecular weight is 207 g/mol. The molecule has 0 saturated heterocycles. The summed E-state index contributed by atoms with van der Waals surface area (Å²) in [6.07, 6.45) is 0. The molecule has 0 aliphatic heterocycles. The van der Waals surface area contributed by atoms with Crippen LogP contribution < -0.4 is 0 Å². The lowest BCUT2D eigenvalue weighted by Gasteiger charge is -2.22. The van der Waals surface area contributed by atoms with Crippen molar-refractivity contribution in [2.45, 2.75) is 13.0 Å². The van der Waals surface area contributed by atoms with E-state index < -0.39 is 0 Å². The summed E-state index contributed by atoms with van der Waals surface area (Å²) in [5.74, 6) is -0.233. The Balaban J connectivity index is 2.99. The predicted molar refractivity (Wildman–Crippen MR) is 59.6 cm³/mol. The molecule has 3 heteroatoms. The van der Waals surface area contributed by atoms with Crippen LogP contribution in [0, 0.1) is 6.92 Å². The maximum Gasteiger partial charge on any atom is 0.327 e. The van der Waals surface area contributed by atoms with E-state index >= 15 is 0 Å². The molecule has 0 aliphatic rings. The van der Waals surface area contributed by atoms with Crippen molar-refractivity contribution in [2.75, 3.05) is 21.2 Å². The van der Waals surface area contributed by atoms with Crippen LogP contribution in [0.3, 0.4) is 0 Å². The molecule has 0 N–H and O–H groups in total. The van der Waals surface area contributed by atoms with Crippen molar-refractivity contribution < 1.29 is 9.53 Å². The van der Waals surface area contributed by atoms with Crippen LogP contribution in [-0.4, -0.2) is 32.1 Å². The zero-order chi connectivity index (χ0) is 11.4. The van der Waals surface area contributed by atoms with Gasteiger partial charge >= 0.3 is 5.97 Å². The third-order valence-electron chi connectivity index (χ3n) is 2.33. The third kappa shape index (κ3) is 2.80. The highest BCUT2D eigenvalue weighted by Gasteiger charge is 2.23. The summed E-state index contributed by atoms with van der Waals surface area (Å²) in [6, 6.07) is 7.58. The smallest absolute Gasteiger partial charge is 0.327 e. The Bertz CT molecular complexity index is 330. The Morgan fingerprint density at radius 2 is 1.80 bits per heavy atom. The second kappa shape index (κ2) is 4.94. The minimum Gasteiger partial charge on any atom is -0.468 e. The Morgan fingerprint density at radius 1 is 1.27 bits per heavy atom. The first-order valence-electron chi connectivity index (χ1n) is 4.87. The van der Waals surface area contributed by atoms with E-state index in [2.05, 4.69) is 0 Å². The zero-order valence-corrected chi connectivity index (χ0v) is 9.65. The predicted octanol–water partition coefficient (Wildman–Crippen LogP) is 1.77. The molecular formula is C12H17NO2. The molecule has 0 bridgehead atoms. The normalized spacial score (nSPS) is 12.6. The van der Waals surface area contributed by atoms with E-state index in [1.165, 1.54) is 12.7 Å². The van der Waals surface area contributed by atoms with Gasteiger partial charge in [0.15, 0.2) is 0 Å². The summed E-state index contributed by atoms with van der Waals surface area (Å²) < 4.78 is 4.78. The van der Waals surface area contributed by atoms with Crippen LogP contribution in [-0.2, 0) is 9.53 Å². The number of carbonyl (C=O) groups excluding carboxylic acids is 1. The van der Waals surface area contributed by atoms with E-state index in [-0.39, 0.29) is 12.0 Å². The molecule has 1 aromatic rings. The molecule has 1 atom stereocenters. The largest absolute Gasteiger partial charge is 0.468 e. The van der Waals surface area contributed by atoms with Crippen LogP contribution in [0.1, 0.15) is 17.2 Å². The Labute approximate surface area is 90.7 Å². The molecule has 0 aliphatic carbocycles. The topological polar surface area (TPSA) is 29.5 Å². The molecule has 3 nitrogen and oxygen atoms in total. The monoisotopic (exact) mass is 207 g/mol. The standard InChI is InChI=1S/C12H17NO2/c1-9-5-7-10(8-6-9)11(13(2)3)12(14)15-4/h5-8,11H,1-4H3. The van der Waals surface area contributed by atoms with Crippen LogP contribution in [0.15, 0.2) is 24.3 Å². The number of esters is 1. The van der Waals surface area contributed by atoms with Gasteiger partial charge in [-0.2, -0.15) is 0 Å². The fourth-order valence-electron chi connectivity index (χ4n) is 1.51. The van der Waals surface area contributed by atoms with E-state index in [1.807, 2.05) is 50.2 Å². The number of aryl methyl sites for hydroxylation is 1. The fourth-order valence-corrected chi connectivity index (χ4v) is 1.51. The molecule has 1 rings (SSSR count). The first kappa shape index (κ1) is 11.7. The van der Waals surface area contributed by atoms with Crippen molar-refractivity contribution in [1.82, 2.24) is 4.90 Å². The van der Waals surface area contributed by atoms with E-state index in [9.17, 15) is 4.79 Å². The Hall–Kier alpha value is -1.35. The van der Waals surface area contributed by atoms with Gasteiger partial charge < -0.3 is 4.74 Å². The molecule has 0 saturated carbocycles. The van der Waals surface area contributed by atoms with E-state index in [4.69, 9.17) is 4.74 Å². The summed E-state index contributed by atoms with van der Waals surface area (Å²) in [4.78, 5) is 13.4. The second-order valence-electron chi connectivity index (χ2n) is 3.80. The van der Waals surface area contributed by atoms with Gasteiger partial charge in [0.1, 0.15) is 6.04 Å². The SMILES string of the molecule is COC(=O)C(c1ccc(C)cc1)N(C)C. The number of methoxy groups -OCH3 is 1. The van der Waals surface area contributed by atoms with Gasteiger partial charge in [-0.1, -0.05) is 29.8 Å². The lowest BCUT2D eigenvalue weighted by Crippen LogP contribution is -2.28. The molecule has 82 valence electrons. The summed E-state index contributed by atoms with van der Waals surface area (Å²) in [5, 5.41) is 0. The molecule has 1 aromatic carbocycles. The molecular weight excluding hydrogens is 190 g/mol. The number of rotatable bonds is 3. The fraction of sp³-hybridized carbons (Fsp3) is 0.417. The molecule has 0 heterocycles. The maximum absolute atomic E-state index is 11.6. The van der Waals surface area contributed by atoms with Gasteiger partial charge in [0.05, 0.1) is 7.11 Å². The molecule has 0 aromatic heterocycles. The molecule has 0 fully saturated rings. The number of likely N-dealkylation sites (N-methyl/N-ethyl adjacent to an activating group) is 1. The van der Waals surface area contributed by atoms with E-state index in [0.29, 0.717) is 0 Å². The number of hydrogen-bond donors (Lipinski definition) is 0. The Kier molecular flexibility index (Phi) is 3.86. The van der Waals surface area contributed by atoms with Crippen molar-refractivity contribution in [3.8, 4) is 0 Å². The van der Waals surface area contributed by atoms with Gasteiger partial charge in [0, 0.05) is 0 Å². The quantitative estimate of drug-likeness (QED) is 0.707. The third-order valence-corrected chi connectivity index (χ3v) is 2.33. The number of nitrogens with zero attached hydrogens (tertiary/aromatic N) is 1. The van der Waals surface area contributed by atoms with Gasteiger partial charge in [-0.25, -0.2) is 4.79 Å². The molecule has 0 radical (unpaired) electrons. The van der Waals surface area contributed by atoms with Crippen molar-refractivity contribution in [2.24, 2.45) is 0 Å². The van der Waals surface area contributed by atoms with Crippen LogP contribution in [0.2, 0.25) is 0 Å². The summed E-state index contributed by atoms with van der Waals surface area (Å²) in [7, 11) is 5.13. The minimum atomic E-state index is -0.324. The first-order chi connectivity index (χ1) is 7.06. The van der Waals surface area contributed by atoms with E-state index in [1.54, 1.807) is 0 Å². The van der Waals surface area contributed by atoms with Gasteiger partial charge in [-0.15, -0.1) is 0 Å². The average Bonchev–Trinajstić information content (AvgIpc) is 2.20. The minimum absolute atomic E-state index is 0.233. The summed E-state index contributed by atoms with van der Waals surface area (Å²) >= 11 is 0. The van der Waals surface area contributed by atoms with E-state index in [0.717, 1.165) is 5.56 Å². The summed E-state index contributed by atoms with van der Waals surface area (Å²) in [6.45, 7) is 2.02. The first-order valence-corrected chi connectivity index (χ1v) is 4.87. The van der Waals surface area contributed by atoms with Crippen molar-refractivity contribution >= 4 is 5.97 Å². The molecule has 0 amide bonds. The highest BCUT2D eigenvalue weighted by molar-refractivity contribution is 5.77. The van der Waals surface area contributed by atoms with Crippen LogP contribution in [0.25, 0.3) is 0 Å². The van der Waals surface area contributed by atoms with Crippen LogP contribution >= 0.6 is 0 Å². The van der Waals surface area contributed by atoms with Crippen molar-refractivity contribution in [3.05, 3.63) is 35.4 Å². The van der Waals surface area contributed by atoms with Gasteiger partial charge in [0.2, 0.25) is 0 Å². The molecule has 15 heavy (non-hydrogen) atoms.